The third-order valence-corrected chi connectivity index (χ3v) is 2.51. The largest absolute Gasteiger partial charge is 0.371 e. The molecule has 1 aromatic rings. The molecular weight excluding hydrogens is 172 g/mol. The van der Waals surface area contributed by atoms with E-state index < -0.39 is 0 Å². The van der Waals surface area contributed by atoms with Gasteiger partial charge in [-0.3, -0.25) is 0 Å². The molecule has 1 aromatic carbocycles. The Balaban J connectivity index is 2.52. The summed E-state index contributed by atoms with van der Waals surface area (Å²) in [6, 6.07) is 11.0. The smallest absolute Gasteiger partial charge is 0.0383 e. The van der Waals surface area contributed by atoms with Crippen LogP contribution in [0.1, 0.15) is 13.8 Å². The van der Waals surface area contributed by atoms with Crippen LogP contribution in [0.3, 0.4) is 0 Å². The van der Waals surface area contributed by atoms with Gasteiger partial charge in [0.2, 0.25) is 0 Å². The van der Waals surface area contributed by atoms with Crippen LogP contribution in [0.25, 0.3) is 0 Å². The summed E-state index contributed by atoms with van der Waals surface area (Å²) < 4.78 is 0. The van der Waals surface area contributed by atoms with E-state index in [-0.39, 0.29) is 0 Å². The fourth-order valence-corrected chi connectivity index (χ4v) is 1.41. The average Bonchev–Trinajstić information content (AvgIpc) is 2.26. The topological polar surface area (TPSA) is 15.3 Å². The van der Waals surface area contributed by atoms with Crippen LogP contribution in [0.5, 0.6) is 0 Å². The maximum Gasteiger partial charge on any atom is 0.0383 e. The zero-order valence-corrected chi connectivity index (χ0v) is 9.33. The van der Waals surface area contributed by atoms with Crippen LogP contribution in [-0.2, 0) is 0 Å². The van der Waals surface area contributed by atoms with Crippen LogP contribution in [0.4, 0.5) is 5.69 Å². The standard InChI is InChI=1S/C12H20N2/c1-4-13-10-11(2)14(3)12-8-6-5-7-9-12/h5-9,11,13H,4,10H2,1-3H3. The Morgan fingerprint density at radius 2 is 1.93 bits per heavy atom. The van der Waals surface area contributed by atoms with Gasteiger partial charge < -0.3 is 10.2 Å². The third-order valence-electron chi connectivity index (χ3n) is 2.51. The first kappa shape index (κ1) is 11.1. The molecule has 1 atom stereocenters. The summed E-state index contributed by atoms with van der Waals surface area (Å²) in [7, 11) is 2.14. The molecule has 0 aliphatic heterocycles. The van der Waals surface area contributed by atoms with E-state index in [2.05, 4.69) is 55.4 Å². The van der Waals surface area contributed by atoms with Crippen LogP contribution in [0.2, 0.25) is 0 Å². The molecule has 2 nitrogen and oxygen atoms in total. The molecule has 0 amide bonds. The van der Waals surface area contributed by atoms with Gasteiger partial charge in [-0.1, -0.05) is 25.1 Å². The molecule has 0 aromatic heterocycles. The van der Waals surface area contributed by atoms with E-state index in [0.717, 1.165) is 13.1 Å². The van der Waals surface area contributed by atoms with E-state index in [1.165, 1.54) is 5.69 Å². The molecule has 0 radical (unpaired) electrons. The second-order valence-electron chi connectivity index (χ2n) is 3.60. The molecule has 0 aliphatic rings. The van der Waals surface area contributed by atoms with E-state index in [1.54, 1.807) is 0 Å². The summed E-state index contributed by atoms with van der Waals surface area (Å²) >= 11 is 0. The summed E-state index contributed by atoms with van der Waals surface area (Å²) in [5.41, 5.74) is 1.28. The van der Waals surface area contributed by atoms with Crippen molar-refractivity contribution in [2.24, 2.45) is 0 Å². The SMILES string of the molecule is CCNCC(C)N(C)c1ccccc1. The van der Waals surface area contributed by atoms with Gasteiger partial charge in [-0.2, -0.15) is 0 Å². The maximum absolute atomic E-state index is 3.36. The van der Waals surface area contributed by atoms with E-state index in [4.69, 9.17) is 0 Å². The molecular formula is C12H20N2. The molecule has 0 bridgehead atoms. The van der Waals surface area contributed by atoms with Crippen LogP contribution >= 0.6 is 0 Å². The van der Waals surface area contributed by atoms with Gasteiger partial charge >= 0.3 is 0 Å². The first-order valence-corrected chi connectivity index (χ1v) is 5.24. The van der Waals surface area contributed by atoms with Crippen molar-refractivity contribution in [3.05, 3.63) is 30.3 Å². The van der Waals surface area contributed by atoms with E-state index >= 15 is 0 Å². The molecule has 78 valence electrons. The minimum absolute atomic E-state index is 0.525. The van der Waals surface area contributed by atoms with Gasteiger partial charge in [0.05, 0.1) is 0 Å². The highest BCUT2D eigenvalue weighted by Gasteiger charge is 2.07. The summed E-state index contributed by atoms with van der Waals surface area (Å²) in [5, 5.41) is 3.36. The summed E-state index contributed by atoms with van der Waals surface area (Å²) in [6.07, 6.45) is 0. The van der Waals surface area contributed by atoms with Crippen molar-refractivity contribution in [2.45, 2.75) is 19.9 Å². The quantitative estimate of drug-likeness (QED) is 0.768. The zero-order chi connectivity index (χ0) is 10.4. The number of nitrogens with zero attached hydrogens (tertiary/aromatic N) is 1. The van der Waals surface area contributed by atoms with Crippen LogP contribution in [-0.4, -0.2) is 26.2 Å². The van der Waals surface area contributed by atoms with Crippen molar-refractivity contribution in [1.82, 2.24) is 5.32 Å². The van der Waals surface area contributed by atoms with Gasteiger partial charge in [-0.15, -0.1) is 0 Å². The van der Waals surface area contributed by atoms with Gasteiger partial charge in [0, 0.05) is 25.3 Å². The van der Waals surface area contributed by atoms with Crippen LogP contribution in [0.15, 0.2) is 30.3 Å². The molecule has 0 fully saturated rings. The van der Waals surface area contributed by atoms with Crippen molar-refractivity contribution >= 4 is 5.69 Å². The average molecular weight is 192 g/mol. The molecule has 14 heavy (non-hydrogen) atoms. The van der Waals surface area contributed by atoms with Crippen LogP contribution in [0, 0.1) is 0 Å². The summed E-state index contributed by atoms with van der Waals surface area (Å²) in [4.78, 5) is 2.29. The lowest BCUT2D eigenvalue weighted by Crippen LogP contribution is -2.37. The molecule has 1 N–H and O–H groups in total. The monoisotopic (exact) mass is 192 g/mol. The summed E-state index contributed by atoms with van der Waals surface area (Å²) in [5.74, 6) is 0. The minimum Gasteiger partial charge on any atom is -0.371 e. The number of rotatable bonds is 5. The molecule has 1 unspecified atom stereocenters. The Kier molecular flexibility index (Phi) is 4.47. The molecule has 0 heterocycles. The Morgan fingerprint density at radius 1 is 1.29 bits per heavy atom. The maximum atomic E-state index is 3.36. The number of benzene rings is 1. The lowest BCUT2D eigenvalue weighted by atomic mass is 10.2. The molecule has 1 rings (SSSR count). The highest BCUT2D eigenvalue weighted by Crippen LogP contribution is 2.13. The highest BCUT2D eigenvalue weighted by atomic mass is 15.1. The number of anilines is 1. The van der Waals surface area contributed by atoms with Crippen molar-refractivity contribution in [1.29, 1.82) is 0 Å². The molecule has 0 aliphatic carbocycles. The Morgan fingerprint density at radius 3 is 2.50 bits per heavy atom. The second-order valence-corrected chi connectivity index (χ2v) is 3.60. The van der Waals surface area contributed by atoms with Gasteiger partial charge in [0.15, 0.2) is 0 Å². The molecule has 2 heteroatoms. The Labute approximate surface area is 86.9 Å². The molecule has 0 saturated carbocycles. The van der Waals surface area contributed by atoms with Gasteiger partial charge in [-0.05, 0) is 25.6 Å². The lowest BCUT2D eigenvalue weighted by molar-refractivity contribution is 0.600. The van der Waals surface area contributed by atoms with Gasteiger partial charge in [0.25, 0.3) is 0 Å². The number of hydrogen-bond donors (Lipinski definition) is 1. The van der Waals surface area contributed by atoms with Crippen LogP contribution < -0.4 is 10.2 Å². The lowest BCUT2D eigenvalue weighted by Gasteiger charge is -2.27. The summed E-state index contributed by atoms with van der Waals surface area (Å²) in [6.45, 7) is 6.43. The number of hydrogen-bond acceptors (Lipinski definition) is 2. The van der Waals surface area contributed by atoms with Crippen molar-refractivity contribution in [3.63, 3.8) is 0 Å². The van der Waals surface area contributed by atoms with E-state index in [9.17, 15) is 0 Å². The van der Waals surface area contributed by atoms with E-state index in [0.29, 0.717) is 6.04 Å². The zero-order valence-electron chi connectivity index (χ0n) is 9.33. The fraction of sp³-hybridized carbons (Fsp3) is 0.500. The van der Waals surface area contributed by atoms with Crippen molar-refractivity contribution in [3.8, 4) is 0 Å². The number of para-hydroxylation sites is 1. The predicted octanol–water partition coefficient (Wildman–Crippen LogP) is 2.12. The fourth-order valence-electron chi connectivity index (χ4n) is 1.41. The number of likely N-dealkylation sites (N-methyl/N-ethyl adjacent to an activating group) is 2. The minimum atomic E-state index is 0.525. The first-order chi connectivity index (χ1) is 6.75. The Hall–Kier alpha value is -1.02. The van der Waals surface area contributed by atoms with Gasteiger partial charge in [0.1, 0.15) is 0 Å². The number of nitrogens with one attached hydrogen (secondary N) is 1. The third kappa shape index (κ3) is 3.04. The second kappa shape index (κ2) is 5.66. The molecule has 0 saturated heterocycles. The van der Waals surface area contributed by atoms with E-state index in [1.807, 2.05) is 6.07 Å². The highest BCUT2D eigenvalue weighted by molar-refractivity contribution is 5.45. The van der Waals surface area contributed by atoms with Crippen molar-refractivity contribution in [2.75, 3.05) is 25.0 Å². The Bertz CT molecular complexity index is 246. The predicted molar refractivity (Wildman–Crippen MR) is 62.9 cm³/mol. The van der Waals surface area contributed by atoms with Crippen molar-refractivity contribution < 1.29 is 0 Å². The van der Waals surface area contributed by atoms with Gasteiger partial charge in [-0.25, -0.2) is 0 Å². The first-order valence-electron chi connectivity index (χ1n) is 5.24. The normalized spacial score (nSPS) is 12.5. The molecule has 0 spiro atoms.